The third-order valence-corrected chi connectivity index (χ3v) is 16.0. The number of carbonyl (C=O) groups excluding carboxylic acids is 6. The molecule has 1 aromatic rings. The molecule has 6 N–H and O–H groups in total. The molecule has 0 saturated carbocycles. The van der Waals surface area contributed by atoms with Crippen LogP contribution in [0.4, 0.5) is 0 Å². The fourth-order valence-electron chi connectivity index (χ4n) is 7.66. The largest absolute Gasteiger partial charge is 0.481 e. The van der Waals surface area contributed by atoms with Gasteiger partial charge in [-0.25, -0.2) is 4.79 Å². The zero-order chi connectivity index (χ0) is 50.7. The fraction of sp³-hybridized carbons (Fsp3) is 0.619. The van der Waals surface area contributed by atoms with Gasteiger partial charge in [0.15, 0.2) is 5.78 Å². The molecule has 4 rings (SSSR count). The topological polar surface area (TPSA) is 351 Å². The molecule has 380 valence electrons. The van der Waals surface area contributed by atoms with E-state index in [1.807, 2.05) is 19.6 Å². The maximum absolute atomic E-state index is 13.3. The van der Waals surface area contributed by atoms with Gasteiger partial charge in [-0.15, -0.1) is 0 Å². The molecule has 4 bridgehead atoms. The molecule has 3 aliphatic heterocycles. The van der Waals surface area contributed by atoms with Crippen LogP contribution in [0.1, 0.15) is 67.3 Å². The summed E-state index contributed by atoms with van der Waals surface area (Å²) in [6.07, 6.45) is -2.56. The van der Waals surface area contributed by atoms with Gasteiger partial charge in [0.1, 0.15) is 6.04 Å². The van der Waals surface area contributed by atoms with E-state index in [0.717, 1.165) is 5.56 Å². The Kier molecular flexibility index (Phi) is 22.9. The number of amides is 1. The van der Waals surface area contributed by atoms with E-state index in [1.165, 1.54) is 12.1 Å². The molecular weight excluding hydrogens is 995 g/mol. The Labute approximate surface area is 403 Å². The Bertz CT molecular complexity index is 2040. The number of nitrogens with zero attached hydrogens (tertiary/aromatic N) is 4. The van der Waals surface area contributed by atoms with E-state index in [1.54, 1.807) is 12.1 Å². The van der Waals surface area contributed by atoms with E-state index < -0.39 is 141 Å². The molecule has 0 aliphatic carbocycles. The van der Waals surface area contributed by atoms with Crippen LogP contribution in [0.15, 0.2) is 24.3 Å². The monoisotopic (exact) mass is 1050 g/mol. The Hall–Kier alpha value is -5.05. The Morgan fingerprint density at radius 2 is 1.19 bits per heavy atom. The minimum absolute atomic E-state index is 0.0229. The van der Waals surface area contributed by atoms with Gasteiger partial charge in [0.25, 0.3) is 0 Å². The summed E-state index contributed by atoms with van der Waals surface area (Å²) in [7, 11) is -4.61. The normalized spacial score (nSPS) is 21.5. The third kappa shape index (κ3) is 21.2. The number of aryl methyl sites for hydroxylation is 1. The first-order valence-corrected chi connectivity index (χ1v) is 27.1. The minimum Gasteiger partial charge on any atom is -0.481 e. The van der Waals surface area contributed by atoms with Crippen molar-refractivity contribution < 1.29 is 92.9 Å². The summed E-state index contributed by atoms with van der Waals surface area (Å²) in [6, 6.07) is 4.80. The number of benzene rings is 1. The van der Waals surface area contributed by atoms with Gasteiger partial charge < -0.3 is 35.2 Å². The molecule has 3 heterocycles. The summed E-state index contributed by atoms with van der Waals surface area (Å²) in [6.45, 7) is 2.77. The molecule has 6 atom stereocenters. The van der Waals surface area contributed by atoms with Crippen LogP contribution >= 0.6 is 7.60 Å². The van der Waals surface area contributed by atoms with Crippen molar-refractivity contribution in [2.75, 3.05) is 91.3 Å². The molecule has 25 nitrogen and oxygen atoms in total. The second-order valence-corrected chi connectivity index (χ2v) is 21.6. The van der Waals surface area contributed by atoms with Crippen LogP contribution in [0.5, 0.6) is 0 Å². The molecule has 3 aliphatic rings. The number of carboxylic acids is 4. The third-order valence-electron chi connectivity index (χ3n) is 11.6. The molecule has 3 unspecified atom stereocenters. The van der Waals surface area contributed by atoms with Gasteiger partial charge in [-0.2, -0.15) is 0 Å². The van der Waals surface area contributed by atoms with Gasteiger partial charge in [-0.05, 0) is 18.4 Å². The number of aliphatic carboxylic acids is 4. The van der Waals surface area contributed by atoms with Gasteiger partial charge in [0.05, 0.1) is 24.6 Å². The average Bonchev–Trinajstić information content (AvgIpc) is 3.30. The predicted octanol–water partition coefficient (Wildman–Crippen LogP) is -0.777. The Balaban J connectivity index is 1.23. The first kappa shape index (κ1) is 56.5. The number of rotatable bonds is 25. The van der Waals surface area contributed by atoms with E-state index in [9.17, 15) is 72.7 Å². The van der Waals surface area contributed by atoms with Gasteiger partial charge in [0.2, 0.25) is 5.91 Å². The SMILES string of the molecule is O=C(O)CC[C@H](CP(=O)(O)OCC[C@H](NC(=O)CC[C@H](CC(=O)c1ccc(CCCC(=O)CN2CCN3CCN4CCN(CC2)CC(=O)[O][Ga]([O]C(=O)C3)[O]C(=O)C4)cc1)C(=O)O)C(=O)O)C(=O)O. The van der Waals surface area contributed by atoms with E-state index >= 15 is 0 Å². The van der Waals surface area contributed by atoms with E-state index in [4.69, 9.17) is 20.2 Å². The van der Waals surface area contributed by atoms with Gasteiger partial charge >= 0.3 is 220 Å². The Morgan fingerprint density at radius 3 is 1.68 bits per heavy atom. The molecule has 0 spiro atoms. The Morgan fingerprint density at radius 1 is 0.681 bits per heavy atom. The van der Waals surface area contributed by atoms with Crippen LogP contribution < -0.4 is 5.32 Å². The fourth-order valence-corrected chi connectivity index (χ4v) is 11.2. The van der Waals surface area contributed by atoms with Crippen molar-refractivity contribution >= 4 is 84.2 Å². The zero-order valence-corrected chi connectivity index (χ0v) is 41.3. The summed E-state index contributed by atoms with van der Waals surface area (Å²) in [5, 5.41) is 39.6. The molecule has 27 heteroatoms. The maximum atomic E-state index is 13.3. The zero-order valence-electron chi connectivity index (χ0n) is 38.0. The van der Waals surface area contributed by atoms with Crippen molar-refractivity contribution in [1.82, 2.24) is 24.9 Å². The molecule has 69 heavy (non-hydrogen) atoms. The molecule has 0 aromatic heterocycles. The van der Waals surface area contributed by atoms with Crippen molar-refractivity contribution in [3.05, 3.63) is 35.4 Å². The van der Waals surface area contributed by atoms with E-state index in [-0.39, 0.29) is 50.4 Å². The van der Waals surface area contributed by atoms with Crippen molar-refractivity contribution in [3.63, 3.8) is 0 Å². The number of fused-ring (bicyclic) bond motifs is 7. The van der Waals surface area contributed by atoms with E-state index in [0.29, 0.717) is 65.2 Å². The molecule has 1 amide bonds. The van der Waals surface area contributed by atoms with Crippen molar-refractivity contribution in [2.45, 2.75) is 63.8 Å². The standard InChI is InChI=1S/C42H62N5O20P.Ga/c48-32(23-44-13-15-45(24-37(53)54)17-19-47(26-39(57)58)20-18-46(16-14-44)25-38(55)56)3-1-2-28-4-6-29(7-5-28)34(49)22-30(40(59)60)8-10-35(50)43-33(42(63)64)12-21-67-68(65,66)27-31(41(61)62)9-11-36(51)52;/h4-7,30-31,33H,1-3,8-27H2,(H,43,50)(H,51,52)(H,53,54)(H,55,56)(H,57,58)(H,59,60)(H,61,62)(H,63,64)(H,65,66);/q;+3/p-3/t30-,31-,33+;/m1./s1. The van der Waals surface area contributed by atoms with Gasteiger partial charge in [-0.3, -0.25) is 28.5 Å². The molecule has 3 saturated heterocycles. The van der Waals surface area contributed by atoms with E-state index in [2.05, 4.69) is 5.32 Å². The molecule has 0 radical (unpaired) electrons. The van der Waals surface area contributed by atoms with Crippen molar-refractivity contribution in [1.29, 1.82) is 0 Å². The summed E-state index contributed by atoms with van der Waals surface area (Å²) >= 11 is -3.99. The van der Waals surface area contributed by atoms with Crippen molar-refractivity contribution in [3.8, 4) is 0 Å². The van der Waals surface area contributed by atoms with Crippen LogP contribution in [-0.2, 0) is 69.2 Å². The molecule has 1 aromatic carbocycles. The number of hydrogen-bond donors (Lipinski definition) is 6. The second kappa shape index (κ2) is 28.0. The first-order chi connectivity index (χ1) is 32.6. The smallest absolute Gasteiger partial charge is 0.326 e. The van der Waals surface area contributed by atoms with Crippen LogP contribution in [0.25, 0.3) is 0 Å². The number of carbonyl (C=O) groups is 10. The molecule has 3 fully saturated rings. The van der Waals surface area contributed by atoms with Gasteiger partial charge in [-0.1, -0.05) is 24.3 Å². The van der Waals surface area contributed by atoms with Crippen molar-refractivity contribution in [2.24, 2.45) is 11.8 Å². The minimum atomic E-state index is -4.61. The summed E-state index contributed by atoms with van der Waals surface area (Å²) in [5.74, 6) is -11.9. The van der Waals surface area contributed by atoms with Crippen LogP contribution in [0.3, 0.4) is 0 Å². The second-order valence-electron chi connectivity index (χ2n) is 17.0. The predicted molar refractivity (Wildman–Crippen MR) is 236 cm³/mol. The summed E-state index contributed by atoms with van der Waals surface area (Å²) in [4.78, 5) is 141. The summed E-state index contributed by atoms with van der Waals surface area (Å²) in [5.41, 5.74) is 1.03. The number of ketones is 2. The van der Waals surface area contributed by atoms with Gasteiger partial charge in [0, 0.05) is 31.2 Å². The first-order valence-electron chi connectivity index (χ1n) is 22.4. The number of hydrogen-bond acceptors (Lipinski definition) is 19. The van der Waals surface area contributed by atoms with Crippen LogP contribution in [0.2, 0.25) is 0 Å². The molecular formula is C42H59GaN5O20P. The average molecular weight is 1050 g/mol. The number of Topliss-reactive ketones (excluding diaryl/α,β-unsaturated/α-hetero) is 2. The van der Waals surface area contributed by atoms with Crippen LogP contribution in [-0.4, -0.2) is 219 Å². The maximum Gasteiger partial charge on any atom is 0.326 e. The summed E-state index contributed by atoms with van der Waals surface area (Å²) < 4.78 is 33.3. The van der Waals surface area contributed by atoms with Crippen LogP contribution in [0, 0.1) is 11.8 Å². The number of carboxylic acid groups (broad SMARTS) is 4. The quantitative estimate of drug-likeness (QED) is 0.0397. The number of nitrogens with one attached hydrogen (secondary N) is 1.